The fraction of sp³-hybridized carbons (Fsp3) is 0.417. The number of benzene rings is 1. The van der Waals surface area contributed by atoms with E-state index in [1.165, 1.54) is 12.1 Å². The molecule has 1 amide bonds. The zero-order chi connectivity index (χ0) is 12.3. The number of carbonyl (C=O) groups excluding carboxylic acids is 1. The summed E-state index contributed by atoms with van der Waals surface area (Å²) < 4.78 is 25.9. The molecule has 1 fully saturated rings. The maximum Gasteiger partial charge on any atom is 0.220 e. The Balaban J connectivity index is 1.80. The van der Waals surface area contributed by atoms with Crippen molar-refractivity contribution < 1.29 is 13.6 Å². The summed E-state index contributed by atoms with van der Waals surface area (Å²) in [6.45, 7) is 0.932. The predicted molar refractivity (Wildman–Crippen MR) is 59.2 cm³/mol. The van der Waals surface area contributed by atoms with Crippen molar-refractivity contribution >= 4 is 5.91 Å². The number of rotatable bonds is 4. The summed E-state index contributed by atoms with van der Waals surface area (Å²) in [5.41, 5.74) is 0.427. The second-order valence-corrected chi connectivity index (χ2v) is 4.17. The molecule has 1 aromatic carbocycles. The van der Waals surface area contributed by atoms with Crippen molar-refractivity contribution in [3.63, 3.8) is 0 Å². The van der Waals surface area contributed by atoms with E-state index in [1.54, 1.807) is 0 Å². The minimum Gasteiger partial charge on any atom is -0.352 e. The van der Waals surface area contributed by atoms with Crippen LogP contribution in [0.4, 0.5) is 8.78 Å². The fourth-order valence-electron chi connectivity index (χ4n) is 1.88. The summed E-state index contributed by atoms with van der Waals surface area (Å²) in [6, 6.07) is 3.64. The number of hydrogen-bond donors (Lipinski definition) is 2. The highest BCUT2D eigenvalue weighted by atomic mass is 19.1. The summed E-state index contributed by atoms with van der Waals surface area (Å²) >= 11 is 0. The standard InChI is InChI=1S/C12H14F2N2O/c13-9-2-1-8(11(14)5-9)6-15-7-10-3-4-12(17)16-10/h1-2,5,10,15H,3-4,6-7H2,(H,16,17). The Bertz CT molecular complexity index is 423. The largest absolute Gasteiger partial charge is 0.352 e. The van der Waals surface area contributed by atoms with Gasteiger partial charge in [-0.1, -0.05) is 6.07 Å². The van der Waals surface area contributed by atoms with Crippen LogP contribution in [0.3, 0.4) is 0 Å². The second kappa shape index (κ2) is 5.23. The summed E-state index contributed by atoms with van der Waals surface area (Å²) in [7, 11) is 0. The van der Waals surface area contributed by atoms with E-state index in [0.717, 1.165) is 12.5 Å². The van der Waals surface area contributed by atoms with Crippen LogP contribution in [0.15, 0.2) is 18.2 Å². The quantitative estimate of drug-likeness (QED) is 0.833. The molecule has 1 aliphatic heterocycles. The van der Waals surface area contributed by atoms with Crippen molar-refractivity contribution in [3.05, 3.63) is 35.4 Å². The van der Waals surface area contributed by atoms with Gasteiger partial charge in [-0.05, 0) is 12.5 Å². The molecule has 0 aromatic heterocycles. The molecule has 1 unspecified atom stereocenters. The minimum absolute atomic E-state index is 0.0600. The monoisotopic (exact) mass is 240 g/mol. The van der Waals surface area contributed by atoms with Gasteiger partial charge in [0.15, 0.2) is 0 Å². The van der Waals surface area contributed by atoms with Gasteiger partial charge in [-0.3, -0.25) is 4.79 Å². The first-order chi connectivity index (χ1) is 8.15. The van der Waals surface area contributed by atoms with Gasteiger partial charge in [0, 0.05) is 37.2 Å². The third kappa shape index (κ3) is 3.23. The van der Waals surface area contributed by atoms with Crippen LogP contribution in [0.25, 0.3) is 0 Å². The molecule has 0 saturated carbocycles. The van der Waals surface area contributed by atoms with E-state index in [1.807, 2.05) is 0 Å². The molecule has 0 aliphatic carbocycles. The first-order valence-corrected chi connectivity index (χ1v) is 5.59. The molecule has 0 spiro atoms. The molecule has 17 heavy (non-hydrogen) atoms. The maximum absolute atomic E-state index is 13.3. The van der Waals surface area contributed by atoms with E-state index in [0.29, 0.717) is 25.1 Å². The first kappa shape index (κ1) is 12.0. The zero-order valence-electron chi connectivity index (χ0n) is 9.30. The SMILES string of the molecule is O=C1CCC(CNCc2ccc(F)cc2F)N1. The fourth-order valence-corrected chi connectivity index (χ4v) is 1.88. The van der Waals surface area contributed by atoms with Crippen molar-refractivity contribution in [1.82, 2.24) is 10.6 Å². The molecule has 1 aromatic rings. The van der Waals surface area contributed by atoms with Gasteiger partial charge in [-0.25, -0.2) is 8.78 Å². The highest BCUT2D eigenvalue weighted by Crippen LogP contribution is 2.10. The number of hydrogen-bond acceptors (Lipinski definition) is 2. The normalized spacial score (nSPS) is 19.4. The molecule has 1 atom stereocenters. The molecule has 92 valence electrons. The highest BCUT2D eigenvalue weighted by Gasteiger charge is 2.19. The highest BCUT2D eigenvalue weighted by molar-refractivity contribution is 5.78. The molecular weight excluding hydrogens is 226 g/mol. The molecule has 1 heterocycles. The third-order valence-corrected chi connectivity index (χ3v) is 2.81. The van der Waals surface area contributed by atoms with Gasteiger partial charge in [0.2, 0.25) is 5.91 Å². The van der Waals surface area contributed by atoms with E-state index >= 15 is 0 Å². The Morgan fingerprint density at radius 3 is 2.88 bits per heavy atom. The smallest absolute Gasteiger partial charge is 0.220 e. The first-order valence-electron chi connectivity index (χ1n) is 5.59. The van der Waals surface area contributed by atoms with Crippen LogP contribution in [0.2, 0.25) is 0 Å². The Hall–Kier alpha value is -1.49. The zero-order valence-corrected chi connectivity index (χ0v) is 9.30. The van der Waals surface area contributed by atoms with Crippen molar-refractivity contribution in [2.24, 2.45) is 0 Å². The lowest BCUT2D eigenvalue weighted by molar-refractivity contribution is -0.119. The van der Waals surface area contributed by atoms with Crippen LogP contribution in [0.5, 0.6) is 0 Å². The van der Waals surface area contributed by atoms with Gasteiger partial charge in [0.1, 0.15) is 11.6 Å². The van der Waals surface area contributed by atoms with Crippen molar-refractivity contribution in [1.29, 1.82) is 0 Å². The number of amides is 1. The van der Waals surface area contributed by atoms with Crippen LogP contribution in [0.1, 0.15) is 18.4 Å². The molecule has 0 radical (unpaired) electrons. The topological polar surface area (TPSA) is 41.1 Å². The average Bonchev–Trinajstić information content (AvgIpc) is 2.68. The van der Waals surface area contributed by atoms with E-state index < -0.39 is 11.6 Å². The van der Waals surface area contributed by atoms with Crippen LogP contribution in [-0.4, -0.2) is 18.5 Å². The Morgan fingerprint density at radius 2 is 2.24 bits per heavy atom. The maximum atomic E-state index is 13.3. The van der Waals surface area contributed by atoms with E-state index in [4.69, 9.17) is 0 Å². The third-order valence-electron chi connectivity index (χ3n) is 2.81. The van der Waals surface area contributed by atoms with Crippen LogP contribution < -0.4 is 10.6 Å². The Kier molecular flexibility index (Phi) is 3.68. The molecule has 5 heteroatoms. The minimum atomic E-state index is -0.575. The number of nitrogens with one attached hydrogen (secondary N) is 2. The van der Waals surface area contributed by atoms with E-state index in [9.17, 15) is 13.6 Å². The lowest BCUT2D eigenvalue weighted by Gasteiger charge is -2.11. The van der Waals surface area contributed by atoms with Gasteiger partial charge in [-0.2, -0.15) is 0 Å². The van der Waals surface area contributed by atoms with E-state index in [-0.39, 0.29) is 11.9 Å². The summed E-state index contributed by atoms with van der Waals surface area (Å²) in [4.78, 5) is 10.9. The van der Waals surface area contributed by atoms with Gasteiger partial charge in [0.25, 0.3) is 0 Å². The van der Waals surface area contributed by atoms with Crippen molar-refractivity contribution in [2.45, 2.75) is 25.4 Å². The lowest BCUT2D eigenvalue weighted by atomic mass is 10.2. The van der Waals surface area contributed by atoms with Crippen LogP contribution in [-0.2, 0) is 11.3 Å². The van der Waals surface area contributed by atoms with Crippen molar-refractivity contribution in [2.75, 3.05) is 6.54 Å². The lowest BCUT2D eigenvalue weighted by Crippen LogP contribution is -2.35. The predicted octanol–water partition coefficient (Wildman–Crippen LogP) is 1.33. The summed E-state index contributed by atoms with van der Waals surface area (Å²) in [6.07, 6.45) is 1.36. The Labute approximate surface area is 98.2 Å². The molecule has 2 rings (SSSR count). The molecule has 2 N–H and O–H groups in total. The summed E-state index contributed by atoms with van der Waals surface area (Å²) in [5.74, 6) is -1.06. The average molecular weight is 240 g/mol. The van der Waals surface area contributed by atoms with Gasteiger partial charge < -0.3 is 10.6 Å². The molecular formula is C12H14F2N2O. The van der Waals surface area contributed by atoms with Crippen molar-refractivity contribution in [3.8, 4) is 0 Å². The number of halogens is 2. The number of carbonyl (C=O) groups is 1. The van der Waals surface area contributed by atoms with Crippen LogP contribution in [0, 0.1) is 11.6 Å². The Morgan fingerprint density at radius 1 is 1.41 bits per heavy atom. The van der Waals surface area contributed by atoms with Gasteiger partial charge in [-0.15, -0.1) is 0 Å². The molecule has 3 nitrogen and oxygen atoms in total. The molecule has 1 aliphatic rings. The van der Waals surface area contributed by atoms with Gasteiger partial charge >= 0.3 is 0 Å². The summed E-state index contributed by atoms with van der Waals surface area (Å²) in [5, 5.41) is 5.86. The molecule has 0 bridgehead atoms. The van der Waals surface area contributed by atoms with Gasteiger partial charge in [0.05, 0.1) is 0 Å². The van der Waals surface area contributed by atoms with E-state index in [2.05, 4.69) is 10.6 Å². The second-order valence-electron chi connectivity index (χ2n) is 4.17. The van der Waals surface area contributed by atoms with Crippen LogP contribution >= 0.6 is 0 Å². The molecule has 1 saturated heterocycles.